The van der Waals surface area contributed by atoms with Gasteiger partial charge in [-0.2, -0.15) is 0 Å². The maximum absolute atomic E-state index is 4.41. The standard InChI is InChI=1S/C10H13N/c1-7-3-9-4-8(2)6-11-10(9)5-7/h4,6-7H,3,5H2,1-2H3. The first-order chi connectivity index (χ1) is 5.25. The van der Waals surface area contributed by atoms with E-state index in [1.165, 1.54) is 29.7 Å². The zero-order chi connectivity index (χ0) is 7.84. The molecule has 0 fully saturated rings. The summed E-state index contributed by atoms with van der Waals surface area (Å²) in [6.07, 6.45) is 4.37. The summed E-state index contributed by atoms with van der Waals surface area (Å²) in [6.45, 7) is 4.40. The molecule has 1 nitrogen and oxygen atoms in total. The van der Waals surface area contributed by atoms with E-state index in [2.05, 4.69) is 24.9 Å². The molecule has 0 radical (unpaired) electrons. The second-order valence-corrected chi connectivity index (χ2v) is 3.63. The van der Waals surface area contributed by atoms with Gasteiger partial charge in [-0.05, 0) is 36.8 Å². The highest BCUT2D eigenvalue weighted by Gasteiger charge is 2.18. The van der Waals surface area contributed by atoms with Crippen molar-refractivity contribution in [2.75, 3.05) is 0 Å². The monoisotopic (exact) mass is 147 g/mol. The fraction of sp³-hybridized carbons (Fsp3) is 0.500. The van der Waals surface area contributed by atoms with Crippen molar-refractivity contribution in [1.29, 1.82) is 0 Å². The first-order valence-corrected chi connectivity index (χ1v) is 4.20. The highest BCUT2D eigenvalue weighted by atomic mass is 14.7. The molecule has 1 aliphatic carbocycles. The zero-order valence-corrected chi connectivity index (χ0v) is 7.09. The lowest BCUT2D eigenvalue weighted by atomic mass is 10.1. The number of nitrogens with zero attached hydrogens (tertiary/aromatic N) is 1. The Balaban J connectivity index is 2.43. The van der Waals surface area contributed by atoms with Gasteiger partial charge in [-0.15, -0.1) is 0 Å². The third-order valence-corrected chi connectivity index (χ3v) is 2.31. The van der Waals surface area contributed by atoms with Crippen molar-refractivity contribution >= 4 is 0 Å². The quantitative estimate of drug-likeness (QED) is 0.547. The fourth-order valence-electron chi connectivity index (χ4n) is 1.80. The maximum Gasteiger partial charge on any atom is 0.0438 e. The van der Waals surface area contributed by atoms with Gasteiger partial charge in [0.1, 0.15) is 0 Å². The van der Waals surface area contributed by atoms with Crippen molar-refractivity contribution in [3.8, 4) is 0 Å². The van der Waals surface area contributed by atoms with E-state index in [-0.39, 0.29) is 0 Å². The molecule has 1 heterocycles. The molecule has 0 saturated heterocycles. The van der Waals surface area contributed by atoms with Gasteiger partial charge in [-0.3, -0.25) is 4.98 Å². The van der Waals surface area contributed by atoms with E-state index < -0.39 is 0 Å². The lowest BCUT2D eigenvalue weighted by molar-refractivity contribution is 0.623. The molecule has 0 spiro atoms. The highest BCUT2D eigenvalue weighted by molar-refractivity contribution is 5.29. The summed E-state index contributed by atoms with van der Waals surface area (Å²) in [5.74, 6) is 0.805. The van der Waals surface area contributed by atoms with Gasteiger partial charge >= 0.3 is 0 Å². The summed E-state index contributed by atoms with van der Waals surface area (Å²) >= 11 is 0. The first kappa shape index (κ1) is 6.84. The van der Waals surface area contributed by atoms with Gasteiger partial charge < -0.3 is 0 Å². The molecule has 0 amide bonds. The van der Waals surface area contributed by atoms with Crippen LogP contribution in [0.1, 0.15) is 23.7 Å². The summed E-state index contributed by atoms with van der Waals surface area (Å²) in [4.78, 5) is 4.41. The van der Waals surface area contributed by atoms with E-state index >= 15 is 0 Å². The van der Waals surface area contributed by atoms with Crippen molar-refractivity contribution in [3.05, 3.63) is 29.1 Å². The van der Waals surface area contributed by atoms with Crippen LogP contribution in [0.2, 0.25) is 0 Å². The third-order valence-electron chi connectivity index (χ3n) is 2.31. The number of aromatic nitrogens is 1. The molecule has 0 saturated carbocycles. The molecule has 1 aromatic rings. The van der Waals surface area contributed by atoms with Crippen molar-refractivity contribution in [3.63, 3.8) is 0 Å². The van der Waals surface area contributed by atoms with E-state index in [4.69, 9.17) is 0 Å². The number of aryl methyl sites for hydroxylation is 1. The smallest absolute Gasteiger partial charge is 0.0438 e. The van der Waals surface area contributed by atoms with Gasteiger partial charge in [-0.1, -0.05) is 13.0 Å². The molecule has 58 valence electrons. The molecule has 1 heteroatoms. The molecule has 1 aromatic heterocycles. The molecule has 1 aliphatic rings. The Bertz CT molecular complexity index is 278. The lowest BCUT2D eigenvalue weighted by Crippen LogP contribution is -1.90. The van der Waals surface area contributed by atoms with Crippen molar-refractivity contribution in [2.24, 2.45) is 5.92 Å². The third kappa shape index (κ3) is 1.15. The van der Waals surface area contributed by atoms with E-state index in [0.717, 1.165) is 5.92 Å². The highest BCUT2D eigenvalue weighted by Crippen LogP contribution is 2.24. The van der Waals surface area contributed by atoms with Crippen LogP contribution in [0.3, 0.4) is 0 Å². The van der Waals surface area contributed by atoms with Crippen molar-refractivity contribution in [1.82, 2.24) is 4.98 Å². The van der Waals surface area contributed by atoms with Gasteiger partial charge in [0.05, 0.1) is 0 Å². The largest absolute Gasteiger partial charge is 0.261 e. The topological polar surface area (TPSA) is 12.9 Å². The Labute approximate surface area is 67.5 Å². The maximum atomic E-state index is 4.41. The molecular formula is C10H13N. The predicted octanol–water partition coefficient (Wildman–Crippen LogP) is 2.12. The molecular weight excluding hydrogens is 134 g/mol. The van der Waals surface area contributed by atoms with Crippen molar-refractivity contribution in [2.45, 2.75) is 26.7 Å². The van der Waals surface area contributed by atoms with Gasteiger partial charge in [0.25, 0.3) is 0 Å². The summed E-state index contributed by atoms with van der Waals surface area (Å²) in [5.41, 5.74) is 4.08. The molecule has 0 aliphatic heterocycles. The Kier molecular flexibility index (Phi) is 1.45. The second-order valence-electron chi connectivity index (χ2n) is 3.63. The van der Waals surface area contributed by atoms with Gasteiger partial charge in [0.2, 0.25) is 0 Å². The SMILES string of the molecule is Cc1cnc2c(c1)CC(C)C2. The number of fused-ring (bicyclic) bond motifs is 1. The second kappa shape index (κ2) is 2.33. The van der Waals surface area contributed by atoms with E-state index in [9.17, 15) is 0 Å². The van der Waals surface area contributed by atoms with E-state index in [0.29, 0.717) is 0 Å². The minimum absolute atomic E-state index is 0.805. The zero-order valence-electron chi connectivity index (χ0n) is 7.09. The van der Waals surface area contributed by atoms with Crippen LogP contribution in [0, 0.1) is 12.8 Å². The Morgan fingerprint density at radius 2 is 2.27 bits per heavy atom. The number of pyridine rings is 1. The molecule has 11 heavy (non-hydrogen) atoms. The van der Waals surface area contributed by atoms with Crippen LogP contribution in [0.15, 0.2) is 12.3 Å². The van der Waals surface area contributed by atoms with Crippen LogP contribution in [-0.4, -0.2) is 4.98 Å². The van der Waals surface area contributed by atoms with Gasteiger partial charge in [0.15, 0.2) is 0 Å². The first-order valence-electron chi connectivity index (χ1n) is 4.20. The number of rotatable bonds is 0. The number of hydrogen-bond acceptors (Lipinski definition) is 1. The molecule has 0 aromatic carbocycles. The van der Waals surface area contributed by atoms with Crippen molar-refractivity contribution < 1.29 is 0 Å². The lowest BCUT2D eigenvalue weighted by Gasteiger charge is -1.97. The van der Waals surface area contributed by atoms with Crippen LogP contribution in [0.5, 0.6) is 0 Å². The Morgan fingerprint density at radius 1 is 1.45 bits per heavy atom. The van der Waals surface area contributed by atoms with Gasteiger partial charge in [-0.25, -0.2) is 0 Å². The normalized spacial score (nSPS) is 21.8. The van der Waals surface area contributed by atoms with E-state index in [1.54, 1.807) is 0 Å². The van der Waals surface area contributed by atoms with Crippen LogP contribution < -0.4 is 0 Å². The van der Waals surface area contributed by atoms with Crippen LogP contribution in [0.25, 0.3) is 0 Å². The summed E-state index contributed by atoms with van der Waals surface area (Å²) in [6, 6.07) is 2.27. The van der Waals surface area contributed by atoms with E-state index in [1.807, 2.05) is 6.20 Å². The predicted molar refractivity (Wildman–Crippen MR) is 45.5 cm³/mol. The average molecular weight is 147 g/mol. The minimum atomic E-state index is 0.805. The van der Waals surface area contributed by atoms with Crippen LogP contribution in [0.4, 0.5) is 0 Å². The molecule has 1 atom stereocenters. The van der Waals surface area contributed by atoms with Crippen LogP contribution in [-0.2, 0) is 12.8 Å². The average Bonchev–Trinajstić information content (AvgIpc) is 2.27. The molecule has 0 N–H and O–H groups in total. The molecule has 2 rings (SSSR count). The minimum Gasteiger partial charge on any atom is -0.261 e. The number of hydrogen-bond donors (Lipinski definition) is 0. The fourth-order valence-corrected chi connectivity index (χ4v) is 1.80. The van der Waals surface area contributed by atoms with Gasteiger partial charge in [0, 0.05) is 11.9 Å². The summed E-state index contributed by atoms with van der Waals surface area (Å²) in [5, 5.41) is 0. The summed E-state index contributed by atoms with van der Waals surface area (Å²) < 4.78 is 0. The molecule has 1 unspecified atom stereocenters. The van der Waals surface area contributed by atoms with Crippen LogP contribution >= 0.6 is 0 Å². The summed E-state index contributed by atoms with van der Waals surface area (Å²) in [7, 11) is 0. The molecule has 0 bridgehead atoms. The Hall–Kier alpha value is -0.850. The Morgan fingerprint density at radius 3 is 3.09 bits per heavy atom.